The molecule has 0 amide bonds. The van der Waals surface area contributed by atoms with Crippen molar-refractivity contribution in [1.82, 2.24) is 0 Å². The number of hydrogen-bond donors (Lipinski definition) is 1. The second-order valence-corrected chi connectivity index (χ2v) is 4.66. The topological polar surface area (TPSA) is 44.5 Å². The van der Waals surface area contributed by atoms with Crippen molar-refractivity contribution in [3.63, 3.8) is 0 Å². The molecular formula is C12H17BrFNO2. The summed E-state index contributed by atoms with van der Waals surface area (Å²) >= 11 is 3.29. The Kier molecular flexibility index (Phi) is 5.21. The van der Waals surface area contributed by atoms with Crippen LogP contribution in [-0.4, -0.2) is 20.8 Å². The summed E-state index contributed by atoms with van der Waals surface area (Å²) in [5.41, 5.74) is 6.31. The molecule has 96 valence electrons. The van der Waals surface area contributed by atoms with Gasteiger partial charge in [0.25, 0.3) is 0 Å². The molecule has 1 aromatic rings. The Hall–Kier alpha value is -0.810. The number of rotatable bonds is 5. The molecule has 0 fully saturated rings. The van der Waals surface area contributed by atoms with Gasteiger partial charge in [-0.1, -0.05) is 6.92 Å². The molecule has 17 heavy (non-hydrogen) atoms. The van der Waals surface area contributed by atoms with Crippen LogP contribution < -0.4 is 15.2 Å². The van der Waals surface area contributed by atoms with Gasteiger partial charge in [-0.2, -0.15) is 4.39 Å². The first-order valence-corrected chi connectivity index (χ1v) is 6.16. The average molecular weight is 306 g/mol. The molecule has 0 saturated heterocycles. The van der Waals surface area contributed by atoms with Crippen LogP contribution >= 0.6 is 15.9 Å². The first-order chi connectivity index (χ1) is 8.06. The molecule has 1 rings (SSSR count). The molecule has 1 aromatic carbocycles. The Morgan fingerprint density at radius 1 is 1.35 bits per heavy atom. The van der Waals surface area contributed by atoms with Gasteiger partial charge in [-0.3, -0.25) is 0 Å². The van der Waals surface area contributed by atoms with Gasteiger partial charge in [-0.25, -0.2) is 0 Å². The summed E-state index contributed by atoms with van der Waals surface area (Å²) in [6.45, 7) is 2.54. The zero-order chi connectivity index (χ0) is 13.0. The van der Waals surface area contributed by atoms with E-state index in [1.54, 1.807) is 0 Å². The van der Waals surface area contributed by atoms with Crippen LogP contribution in [0.2, 0.25) is 0 Å². The van der Waals surface area contributed by atoms with Gasteiger partial charge in [0, 0.05) is 5.56 Å². The van der Waals surface area contributed by atoms with Crippen LogP contribution in [0.25, 0.3) is 0 Å². The number of benzene rings is 1. The van der Waals surface area contributed by atoms with Crippen LogP contribution in [0.1, 0.15) is 24.8 Å². The Morgan fingerprint density at radius 2 is 1.94 bits per heavy atom. The van der Waals surface area contributed by atoms with Crippen molar-refractivity contribution in [2.45, 2.75) is 19.3 Å². The fourth-order valence-corrected chi connectivity index (χ4v) is 2.35. The van der Waals surface area contributed by atoms with Crippen molar-refractivity contribution in [2.24, 2.45) is 5.73 Å². The second kappa shape index (κ2) is 6.21. The summed E-state index contributed by atoms with van der Waals surface area (Å²) in [5.74, 6) is 0.0338. The number of methoxy groups -OCH3 is 2. The van der Waals surface area contributed by atoms with Crippen LogP contribution in [0.5, 0.6) is 11.5 Å². The van der Waals surface area contributed by atoms with E-state index in [1.165, 1.54) is 14.2 Å². The quantitative estimate of drug-likeness (QED) is 0.909. The third-order valence-electron chi connectivity index (χ3n) is 2.70. The van der Waals surface area contributed by atoms with Crippen LogP contribution in [0.4, 0.5) is 4.39 Å². The summed E-state index contributed by atoms with van der Waals surface area (Å²) in [7, 11) is 2.87. The van der Waals surface area contributed by atoms with Gasteiger partial charge < -0.3 is 15.2 Å². The summed E-state index contributed by atoms with van der Waals surface area (Å²) in [6.07, 6.45) is 0.772. The lowest BCUT2D eigenvalue weighted by Gasteiger charge is -2.18. The first-order valence-electron chi connectivity index (χ1n) is 5.36. The summed E-state index contributed by atoms with van der Waals surface area (Å²) < 4.78 is 24.8. The summed E-state index contributed by atoms with van der Waals surface area (Å²) in [4.78, 5) is 0. The Bertz CT molecular complexity index is 399. The minimum atomic E-state index is -0.483. The van der Waals surface area contributed by atoms with Crippen LogP contribution in [0, 0.1) is 5.82 Å². The molecule has 5 heteroatoms. The van der Waals surface area contributed by atoms with Gasteiger partial charge in [-0.05, 0) is 40.9 Å². The maximum atomic E-state index is 14.1. The minimum Gasteiger partial charge on any atom is -0.493 e. The molecule has 0 aliphatic heterocycles. The van der Waals surface area contributed by atoms with E-state index >= 15 is 0 Å². The predicted octanol–water partition coefficient (Wildman–Crippen LogP) is 3.06. The molecule has 0 aromatic heterocycles. The molecule has 1 atom stereocenters. The largest absolute Gasteiger partial charge is 0.493 e. The van der Waals surface area contributed by atoms with Gasteiger partial charge >= 0.3 is 0 Å². The molecule has 0 aliphatic carbocycles. The highest BCUT2D eigenvalue weighted by Crippen LogP contribution is 2.40. The monoisotopic (exact) mass is 305 g/mol. The summed E-state index contributed by atoms with van der Waals surface area (Å²) in [5, 5.41) is 0. The summed E-state index contributed by atoms with van der Waals surface area (Å²) in [6, 6.07) is 1.82. The molecule has 1 unspecified atom stereocenters. The van der Waals surface area contributed by atoms with Crippen LogP contribution in [0.15, 0.2) is 10.5 Å². The van der Waals surface area contributed by atoms with E-state index in [1.807, 2.05) is 13.0 Å². The van der Waals surface area contributed by atoms with E-state index in [2.05, 4.69) is 15.9 Å². The maximum Gasteiger partial charge on any atom is 0.208 e. The van der Waals surface area contributed by atoms with E-state index in [0.29, 0.717) is 11.0 Å². The predicted molar refractivity (Wildman–Crippen MR) is 69.3 cm³/mol. The van der Waals surface area contributed by atoms with Crippen molar-refractivity contribution in [1.29, 1.82) is 0 Å². The van der Waals surface area contributed by atoms with Crippen molar-refractivity contribution in [3.8, 4) is 11.5 Å². The third-order valence-corrected chi connectivity index (χ3v) is 3.29. The Labute approximate surface area is 109 Å². The molecule has 2 N–H and O–H groups in total. The van der Waals surface area contributed by atoms with Crippen molar-refractivity contribution in [3.05, 3.63) is 21.9 Å². The lowest BCUT2D eigenvalue weighted by Crippen LogP contribution is -2.07. The van der Waals surface area contributed by atoms with Gasteiger partial charge in [0.15, 0.2) is 11.5 Å². The molecule has 0 heterocycles. The third kappa shape index (κ3) is 2.90. The number of ether oxygens (including phenoxy) is 2. The number of nitrogens with two attached hydrogens (primary N) is 1. The fraction of sp³-hybridized carbons (Fsp3) is 0.500. The highest BCUT2D eigenvalue weighted by Gasteiger charge is 2.21. The van der Waals surface area contributed by atoms with E-state index in [9.17, 15) is 4.39 Å². The molecule has 0 radical (unpaired) electrons. The Morgan fingerprint density at radius 3 is 2.41 bits per heavy atom. The van der Waals surface area contributed by atoms with Gasteiger partial charge in [0.1, 0.15) is 0 Å². The first kappa shape index (κ1) is 14.3. The van der Waals surface area contributed by atoms with E-state index < -0.39 is 5.82 Å². The average Bonchev–Trinajstić information content (AvgIpc) is 2.29. The molecule has 0 aliphatic rings. The number of hydrogen-bond acceptors (Lipinski definition) is 3. The van der Waals surface area contributed by atoms with E-state index in [-0.39, 0.29) is 17.4 Å². The molecule has 0 bridgehead atoms. The zero-order valence-corrected chi connectivity index (χ0v) is 11.8. The zero-order valence-electron chi connectivity index (χ0n) is 10.2. The van der Waals surface area contributed by atoms with Gasteiger partial charge in [0.2, 0.25) is 5.82 Å². The highest BCUT2D eigenvalue weighted by atomic mass is 79.9. The van der Waals surface area contributed by atoms with Crippen molar-refractivity contribution in [2.75, 3.05) is 20.8 Å². The van der Waals surface area contributed by atoms with Crippen LogP contribution in [-0.2, 0) is 0 Å². The second-order valence-electron chi connectivity index (χ2n) is 3.81. The van der Waals surface area contributed by atoms with E-state index in [4.69, 9.17) is 15.2 Å². The molecule has 0 spiro atoms. The van der Waals surface area contributed by atoms with Crippen LogP contribution in [0.3, 0.4) is 0 Å². The maximum absolute atomic E-state index is 14.1. The van der Waals surface area contributed by atoms with Crippen molar-refractivity contribution >= 4 is 15.9 Å². The lowest BCUT2D eigenvalue weighted by molar-refractivity contribution is 0.343. The smallest absolute Gasteiger partial charge is 0.208 e. The standard InChI is InChI=1S/C12H17BrFNO2/c1-7(4-5-15)8-6-9(13)12(17-3)10(14)11(8)16-2/h6-7H,4-5,15H2,1-3H3. The fourth-order valence-electron chi connectivity index (χ4n) is 1.77. The molecular weight excluding hydrogens is 289 g/mol. The Balaban J connectivity index is 3.31. The van der Waals surface area contributed by atoms with Gasteiger partial charge in [0.05, 0.1) is 18.7 Å². The SMILES string of the molecule is COc1c(Br)cc(C(C)CCN)c(OC)c1F. The highest BCUT2D eigenvalue weighted by molar-refractivity contribution is 9.10. The van der Waals surface area contributed by atoms with Crippen molar-refractivity contribution < 1.29 is 13.9 Å². The minimum absolute atomic E-state index is 0.131. The number of halogens is 2. The van der Waals surface area contributed by atoms with E-state index in [0.717, 1.165) is 12.0 Å². The van der Waals surface area contributed by atoms with Gasteiger partial charge in [-0.15, -0.1) is 0 Å². The normalized spacial score (nSPS) is 12.4. The lowest BCUT2D eigenvalue weighted by atomic mass is 9.96. The molecule has 3 nitrogen and oxygen atoms in total. The molecule has 0 saturated carbocycles.